The zero-order valence-electron chi connectivity index (χ0n) is 24.0. The minimum Gasteiger partial charge on any atom is -0.354 e. The van der Waals surface area contributed by atoms with Gasteiger partial charge in [-0.2, -0.15) is 0 Å². The van der Waals surface area contributed by atoms with E-state index in [9.17, 15) is 0 Å². The van der Waals surface area contributed by atoms with E-state index < -0.39 is 0 Å². The molecule has 0 aliphatic heterocycles. The highest BCUT2D eigenvalue weighted by Gasteiger charge is 2.19. The zero-order chi connectivity index (χ0) is 28.3. The second-order valence-corrected chi connectivity index (χ2v) is 10.5. The van der Waals surface area contributed by atoms with Gasteiger partial charge in [0.15, 0.2) is 0 Å². The summed E-state index contributed by atoms with van der Waals surface area (Å²) in [4.78, 5) is 6.07. The van der Waals surface area contributed by atoms with Gasteiger partial charge in [-0.15, -0.1) is 11.3 Å². The molecular weight excluding hydrogens is 516 g/mol. The Bertz CT molecular complexity index is 2050. The quantitative estimate of drug-likeness (QED) is 0.232. The highest BCUT2D eigenvalue weighted by atomic mass is 32.1. The van der Waals surface area contributed by atoms with Crippen molar-refractivity contribution in [3.8, 4) is 0 Å². The van der Waals surface area contributed by atoms with Gasteiger partial charge in [0.25, 0.3) is 0 Å². The van der Waals surface area contributed by atoms with Crippen molar-refractivity contribution in [3.05, 3.63) is 127 Å². The number of aromatic amines is 1. The lowest BCUT2D eigenvalue weighted by Crippen LogP contribution is -2.09. The summed E-state index contributed by atoms with van der Waals surface area (Å²) < 4.78 is 2.66. The fraction of sp³-hybridized carbons (Fsp3) is 0.105. The number of para-hydroxylation sites is 3. The summed E-state index contributed by atoms with van der Waals surface area (Å²) in [5.41, 5.74) is 5.87. The van der Waals surface area contributed by atoms with E-state index >= 15 is 0 Å². The van der Waals surface area contributed by atoms with E-state index in [2.05, 4.69) is 137 Å². The molecule has 0 atom stereocenters. The van der Waals surface area contributed by atoms with Crippen LogP contribution in [0.5, 0.6) is 0 Å². The van der Waals surface area contributed by atoms with Gasteiger partial charge in [0.1, 0.15) is 0 Å². The third kappa shape index (κ3) is 4.43. The Morgan fingerprint density at radius 1 is 0.488 bits per heavy atom. The Morgan fingerprint density at radius 2 is 1.05 bits per heavy atom. The molecule has 0 aliphatic carbocycles. The van der Waals surface area contributed by atoms with E-state index in [1.54, 1.807) is 0 Å². The first kappa shape index (κ1) is 26.6. The van der Waals surface area contributed by atoms with Crippen LogP contribution in [0, 0.1) is 0 Å². The number of H-pyrrole nitrogens is 1. The predicted octanol–water partition coefficient (Wildman–Crippen LogP) is 12.4. The van der Waals surface area contributed by atoms with Crippen LogP contribution in [0.15, 0.2) is 127 Å². The van der Waals surface area contributed by atoms with Crippen LogP contribution in [0.2, 0.25) is 0 Å². The second-order valence-electron chi connectivity index (χ2n) is 9.46. The summed E-state index contributed by atoms with van der Waals surface area (Å²) >= 11 is 1.90. The maximum Gasteiger partial charge on any atom is 0.0559 e. The molecule has 8 rings (SSSR count). The number of aromatic nitrogens is 1. The molecule has 8 aromatic rings. The number of benzene rings is 6. The van der Waals surface area contributed by atoms with E-state index in [0.29, 0.717) is 0 Å². The van der Waals surface area contributed by atoms with Crippen molar-refractivity contribution < 1.29 is 0 Å². The van der Waals surface area contributed by atoms with Crippen LogP contribution in [0.1, 0.15) is 27.7 Å². The molecule has 0 radical (unpaired) electrons. The summed E-state index contributed by atoms with van der Waals surface area (Å²) in [6.07, 6.45) is 0. The molecule has 2 nitrogen and oxygen atoms in total. The Hall–Kier alpha value is -4.60. The number of hydrogen-bond acceptors (Lipinski definition) is 2. The molecule has 0 spiro atoms. The molecule has 0 fully saturated rings. The van der Waals surface area contributed by atoms with Crippen LogP contribution in [0.4, 0.5) is 17.1 Å². The molecule has 0 amide bonds. The van der Waals surface area contributed by atoms with Gasteiger partial charge in [-0.3, -0.25) is 0 Å². The lowest BCUT2D eigenvalue weighted by Gasteiger charge is -2.25. The number of nitrogens with one attached hydrogen (secondary N) is 1. The maximum atomic E-state index is 3.73. The fourth-order valence-corrected chi connectivity index (χ4v) is 7.03. The van der Waals surface area contributed by atoms with Gasteiger partial charge >= 0.3 is 0 Å². The minimum atomic E-state index is 1.15. The van der Waals surface area contributed by atoms with E-state index in [0.717, 1.165) is 17.1 Å². The fourth-order valence-electron chi connectivity index (χ4n) is 5.77. The first-order chi connectivity index (χ1) is 20.4. The average Bonchev–Trinajstić information content (AvgIpc) is 3.63. The van der Waals surface area contributed by atoms with Gasteiger partial charge in [0, 0.05) is 58.9 Å². The second kappa shape index (κ2) is 11.5. The first-order valence-corrected chi connectivity index (χ1v) is 15.4. The lowest BCUT2D eigenvalue weighted by atomic mass is 9.99. The van der Waals surface area contributed by atoms with E-state index in [1.165, 1.54) is 52.8 Å². The van der Waals surface area contributed by atoms with Crippen molar-refractivity contribution in [2.45, 2.75) is 27.7 Å². The normalized spacial score (nSPS) is 10.9. The van der Waals surface area contributed by atoms with Gasteiger partial charge in [0.05, 0.1) is 5.52 Å². The van der Waals surface area contributed by atoms with Crippen molar-refractivity contribution in [3.63, 3.8) is 0 Å². The largest absolute Gasteiger partial charge is 0.354 e. The van der Waals surface area contributed by atoms with Crippen molar-refractivity contribution >= 4 is 81.1 Å². The summed E-state index contributed by atoms with van der Waals surface area (Å²) in [6, 6.07) is 45.7. The molecule has 0 aliphatic rings. The Balaban J connectivity index is 0.000000726. The highest BCUT2D eigenvalue weighted by molar-refractivity contribution is 7.27. The molecule has 41 heavy (non-hydrogen) atoms. The first-order valence-electron chi connectivity index (χ1n) is 14.5. The maximum absolute atomic E-state index is 3.73. The summed E-state index contributed by atoms with van der Waals surface area (Å²) in [7, 11) is 0. The molecule has 6 aromatic carbocycles. The average molecular weight is 551 g/mol. The number of nitrogens with zero attached hydrogens (tertiary/aromatic N) is 1. The number of hydrogen-bond donors (Lipinski definition) is 1. The SMILES string of the molecule is CC.CC.c1ccc(N(c2ccccc2)c2ccc3sc4c(c3c2)c2ccccc2c2[nH]c3ccccc3c24)cc1. The third-order valence-electron chi connectivity index (χ3n) is 7.36. The zero-order valence-corrected chi connectivity index (χ0v) is 24.8. The monoisotopic (exact) mass is 550 g/mol. The van der Waals surface area contributed by atoms with Gasteiger partial charge in [-0.05, 0) is 53.9 Å². The van der Waals surface area contributed by atoms with Crippen LogP contribution in [0.25, 0.3) is 52.8 Å². The molecule has 0 unspecified atom stereocenters. The van der Waals surface area contributed by atoms with Crippen LogP contribution >= 0.6 is 11.3 Å². The molecule has 202 valence electrons. The lowest BCUT2D eigenvalue weighted by molar-refractivity contribution is 1.29. The Morgan fingerprint density at radius 3 is 1.71 bits per heavy atom. The molecule has 0 saturated carbocycles. The molecule has 2 heterocycles. The number of fused-ring (bicyclic) bond motifs is 10. The smallest absolute Gasteiger partial charge is 0.0559 e. The summed E-state index contributed by atoms with van der Waals surface area (Å²) in [5, 5.41) is 7.83. The van der Waals surface area contributed by atoms with Crippen LogP contribution in [-0.2, 0) is 0 Å². The molecule has 0 saturated heterocycles. The molecule has 2 aromatic heterocycles. The number of thiophene rings is 1. The highest BCUT2D eigenvalue weighted by Crippen LogP contribution is 2.47. The Labute approximate surface area is 245 Å². The third-order valence-corrected chi connectivity index (χ3v) is 8.55. The molecule has 3 heteroatoms. The van der Waals surface area contributed by atoms with Gasteiger partial charge in [-0.25, -0.2) is 0 Å². The van der Waals surface area contributed by atoms with Gasteiger partial charge in [-0.1, -0.05) is 107 Å². The van der Waals surface area contributed by atoms with Crippen molar-refractivity contribution in [2.24, 2.45) is 0 Å². The van der Waals surface area contributed by atoms with Crippen molar-refractivity contribution in [2.75, 3.05) is 4.90 Å². The number of anilines is 3. The van der Waals surface area contributed by atoms with E-state index in [-0.39, 0.29) is 0 Å². The summed E-state index contributed by atoms with van der Waals surface area (Å²) in [6.45, 7) is 8.00. The molecular formula is C38H34N2S. The standard InChI is InChI=1S/C34H22N2S.2C2H6/c1-3-11-22(12-4-1)36(23-13-5-2-6-14-23)24-19-20-30-28(21-24)31-25-15-7-8-16-26(25)33-32(34(31)37-30)27-17-9-10-18-29(27)35-33;2*1-2/h1-21,35H;2*1-2H3. The number of rotatable bonds is 3. The van der Waals surface area contributed by atoms with Gasteiger partial charge < -0.3 is 9.88 Å². The topological polar surface area (TPSA) is 19.0 Å². The van der Waals surface area contributed by atoms with Gasteiger partial charge in [0.2, 0.25) is 0 Å². The minimum absolute atomic E-state index is 1.15. The van der Waals surface area contributed by atoms with Crippen LogP contribution in [-0.4, -0.2) is 4.98 Å². The van der Waals surface area contributed by atoms with Crippen molar-refractivity contribution in [1.82, 2.24) is 4.98 Å². The predicted molar refractivity (Wildman–Crippen MR) is 184 cm³/mol. The Kier molecular flexibility index (Phi) is 7.45. The summed E-state index contributed by atoms with van der Waals surface area (Å²) in [5.74, 6) is 0. The molecule has 1 N–H and O–H groups in total. The van der Waals surface area contributed by atoms with Crippen LogP contribution in [0.3, 0.4) is 0 Å². The van der Waals surface area contributed by atoms with E-state index in [4.69, 9.17) is 0 Å². The van der Waals surface area contributed by atoms with E-state index in [1.807, 2.05) is 39.0 Å². The van der Waals surface area contributed by atoms with Crippen LogP contribution < -0.4 is 4.90 Å². The van der Waals surface area contributed by atoms with Crippen molar-refractivity contribution in [1.29, 1.82) is 0 Å². The molecule has 0 bridgehead atoms.